The number of aliphatic carboxylic acids is 1. The van der Waals surface area contributed by atoms with Gasteiger partial charge in [-0.25, -0.2) is 4.79 Å². The molecular weight excluding hydrogens is 551 g/mol. The molecule has 226 valence electrons. The van der Waals surface area contributed by atoms with Crippen LogP contribution in [-0.4, -0.2) is 100 Å². The summed E-state index contributed by atoms with van der Waals surface area (Å²) < 4.78 is 53.4. The van der Waals surface area contributed by atoms with Crippen LogP contribution in [0.5, 0.6) is 23.0 Å². The molecule has 0 aromatic heterocycles. The van der Waals surface area contributed by atoms with E-state index in [1.165, 1.54) is 21.3 Å². The van der Waals surface area contributed by atoms with Crippen LogP contribution in [0.3, 0.4) is 0 Å². The molecule has 11 nitrogen and oxygen atoms in total. The lowest BCUT2D eigenvalue weighted by molar-refractivity contribution is -0.192. The zero-order chi connectivity index (χ0) is 30.6. The van der Waals surface area contributed by atoms with Crippen molar-refractivity contribution in [2.24, 2.45) is 0 Å². The maximum atomic E-state index is 13.7. The molecule has 0 unspecified atom stereocenters. The van der Waals surface area contributed by atoms with Crippen molar-refractivity contribution in [3.05, 3.63) is 47.5 Å². The SMILES string of the molecule is COc1ccccc1CN(CCC(=O)N1CCNCC1)C(=O)c1cc(OC)c(OC)c(OC)c1.O=C(O)C(F)(F)F. The first-order valence-electron chi connectivity index (χ1n) is 12.5. The fourth-order valence-electron chi connectivity index (χ4n) is 3.98. The van der Waals surface area contributed by atoms with Crippen molar-refractivity contribution >= 4 is 17.8 Å². The van der Waals surface area contributed by atoms with Crippen LogP contribution < -0.4 is 24.3 Å². The van der Waals surface area contributed by atoms with E-state index in [2.05, 4.69) is 5.32 Å². The molecule has 1 heterocycles. The lowest BCUT2D eigenvalue weighted by Gasteiger charge is -2.29. The van der Waals surface area contributed by atoms with E-state index in [0.29, 0.717) is 41.7 Å². The highest BCUT2D eigenvalue weighted by molar-refractivity contribution is 5.96. The van der Waals surface area contributed by atoms with Gasteiger partial charge in [-0.05, 0) is 18.2 Å². The fourth-order valence-corrected chi connectivity index (χ4v) is 3.98. The molecule has 3 rings (SSSR count). The molecule has 0 atom stereocenters. The molecule has 2 aromatic carbocycles. The molecule has 0 saturated carbocycles. The van der Waals surface area contributed by atoms with E-state index in [1.807, 2.05) is 29.2 Å². The molecular formula is C27H34F3N3O8. The number of benzene rings is 2. The third kappa shape index (κ3) is 9.45. The fraction of sp³-hybridized carbons (Fsp3) is 0.444. The molecule has 1 aliphatic heterocycles. The average molecular weight is 586 g/mol. The number of alkyl halides is 3. The van der Waals surface area contributed by atoms with Crippen molar-refractivity contribution in [3.8, 4) is 23.0 Å². The maximum absolute atomic E-state index is 13.7. The first-order chi connectivity index (χ1) is 19.5. The summed E-state index contributed by atoms with van der Waals surface area (Å²) in [7, 11) is 6.12. The molecule has 1 fully saturated rings. The van der Waals surface area contributed by atoms with E-state index in [1.54, 1.807) is 24.1 Å². The molecule has 2 aromatic rings. The average Bonchev–Trinajstić information content (AvgIpc) is 2.98. The normalized spacial score (nSPS) is 12.9. The number of para-hydroxylation sites is 1. The lowest BCUT2D eigenvalue weighted by Crippen LogP contribution is -2.47. The van der Waals surface area contributed by atoms with Gasteiger partial charge >= 0.3 is 12.1 Å². The van der Waals surface area contributed by atoms with Gasteiger partial charge in [0.2, 0.25) is 11.7 Å². The second-order valence-electron chi connectivity index (χ2n) is 8.64. The summed E-state index contributed by atoms with van der Waals surface area (Å²) in [6.45, 7) is 3.45. The van der Waals surface area contributed by atoms with Crippen molar-refractivity contribution < 1.29 is 51.6 Å². The highest BCUT2D eigenvalue weighted by Gasteiger charge is 2.38. The second-order valence-corrected chi connectivity index (χ2v) is 8.64. The number of methoxy groups -OCH3 is 4. The molecule has 0 radical (unpaired) electrons. The van der Waals surface area contributed by atoms with E-state index in [4.69, 9.17) is 28.8 Å². The van der Waals surface area contributed by atoms with Crippen LogP contribution in [-0.2, 0) is 16.1 Å². The van der Waals surface area contributed by atoms with Crippen molar-refractivity contribution in [2.45, 2.75) is 19.1 Å². The van der Waals surface area contributed by atoms with Crippen LogP contribution in [0.4, 0.5) is 13.2 Å². The molecule has 41 heavy (non-hydrogen) atoms. The molecule has 14 heteroatoms. The Morgan fingerprint density at radius 2 is 1.46 bits per heavy atom. The summed E-state index contributed by atoms with van der Waals surface area (Å²) in [4.78, 5) is 38.9. The predicted octanol–water partition coefficient (Wildman–Crippen LogP) is 2.82. The van der Waals surface area contributed by atoms with Gasteiger partial charge in [-0.3, -0.25) is 9.59 Å². The Morgan fingerprint density at radius 1 is 0.927 bits per heavy atom. The highest BCUT2D eigenvalue weighted by atomic mass is 19.4. The minimum absolute atomic E-state index is 0.0317. The van der Waals surface area contributed by atoms with Crippen LogP contribution >= 0.6 is 0 Å². The van der Waals surface area contributed by atoms with Gasteiger partial charge in [-0.1, -0.05) is 18.2 Å². The number of piperazine rings is 1. The first-order valence-corrected chi connectivity index (χ1v) is 12.5. The number of hydrogen-bond donors (Lipinski definition) is 2. The summed E-state index contributed by atoms with van der Waals surface area (Å²) in [5.41, 5.74) is 1.22. The van der Waals surface area contributed by atoms with Gasteiger partial charge in [-0.15, -0.1) is 0 Å². The molecule has 0 spiro atoms. The monoisotopic (exact) mass is 585 g/mol. The minimum Gasteiger partial charge on any atom is -0.496 e. The topological polar surface area (TPSA) is 127 Å². The van der Waals surface area contributed by atoms with Gasteiger partial charge in [0.1, 0.15) is 5.75 Å². The third-order valence-corrected chi connectivity index (χ3v) is 6.06. The third-order valence-electron chi connectivity index (χ3n) is 6.06. The highest BCUT2D eigenvalue weighted by Crippen LogP contribution is 2.38. The van der Waals surface area contributed by atoms with Crippen LogP contribution in [0.15, 0.2) is 36.4 Å². The Hall–Kier alpha value is -4.20. The summed E-state index contributed by atoms with van der Waals surface area (Å²) in [6, 6.07) is 10.8. The summed E-state index contributed by atoms with van der Waals surface area (Å²) in [6.07, 6.45) is -4.86. The van der Waals surface area contributed by atoms with E-state index < -0.39 is 12.1 Å². The number of carbonyl (C=O) groups excluding carboxylic acids is 2. The van der Waals surface area contributed by atoms with E-state index in [-0.39, 0.29) is 31.3 Å². The van der Waals surface area contributed by atoms with Gasteiger partial charge in [0.05, 0.1) is 28.4 Å². The van der Waals surface area contributed by atoms with Gasteiger partial charge in [0.25, 0.3) is 5.91 Å². The number of carboxylic acids is 1. The predicted molar refractivity (Wildman–Crippen MR) is 142 cm³/mol. The number of amides is 2. The van der Waals surface area contributed by atoms with Gasteiger partial charge < -0.3 is 39.2 Å². The first kappa shape index (κ1) is 33.0. The van der Waals surface area contributed by atoms with Crippen molar-refractivity contribution in [2.75, 3.05) is 61.2 Å². The van der Waals surface area contributed by atoms with Gasteiger partial charge in [0, 0.05) is 56.8 Å². The van der Waals surface area contributed by atoms with E-state index >= 15 is 0 Å². The van der Waals surface area contributed by atoms with Gasteiger partial charge in [0.15, 0.2) is 11.5 Å². The van der Waals surface area contributed by atoms with Crippen molar-refractivity contribution in [1.82, 2.24) is 15.1 Å². The quantitative estimate of drug-likeness (QED) is 0.433. The number of halogens is 3. The number of hydrogen-bond acceptors (Lipinski definition) is 8. The summed E-state index contributed by atoms with van der Waals surface area (Å²) in [5.74, 6) is -1.11. The molecule has 0 bridgehead atoms. The van der Waals surface area contributed by atoms with E-state index in [0.717, 1.165) is 18.7 Å². The summed E-state index contributed by atoms with van der Waals surface area (Å²) in [5, 5.41) is 10.4. The number of ether oxygens (including phenoxy) is 4. The number of carboxylic acid groups (broad SMARTS) is 1. The number of nitrogens with one attached hydrogen (secondary N) is 1. The number of rotatable bonds is 10. The minimum atomic E-state index is -5.08. The largest absolute Gasteiger partial charge is 0.496 e. The Bertz CT molecular complexity index is 1160. The second kappa shape index (κ2) is 15.6. The Balaban J connectivity index is 0.000000745. The van der Waals surface area contributed by atoms with Crippen LogP contribution in [0.1, 0.15) is 22.3 Å². The summed E-state index contributed by atoms with van der Waals surface area (Å²) >= 11 is 0. The molecule has 1 aliphatic rings. The molecule has 0 aliphatic carbocycles. The Labute approximate surface area is 235 Å². The Kier molecular flexibility index (Phi) is 12.5. The smallest absolute Gasteiger partial charge is 0.490 e. The zero-order valence-electron chi connectivity index (χ0n) is 23.2. The molecule has 2 amide bonds. The van der Waals surface area contributed by atoms with Crippen molar-refractivity contribution in [1.29, 1.82) is 0 Å². The van der Waals surface area contributed by atoms with E-state index in [9.17, 15) is 22.8 Å². The van der Waals surface area contributed by atoms with Gasteiger partial charge in [-0.2, -0.15) is 13.2 Å². The van der Waals surface area contributed by atoms with Crippen LogP contribution in [0.2, 0.25) is 0 Å². The van der Waals surface area contributed by atoms with Crippen LogP contribution in [0.25, 0.3) is 0 Å². The zero-order valence-corrected chi connectivity index (χ0v) is 23.2. The molecule has 1 saturated heterocycles. The standard InChI is InChI=1S/C25H33N3O6.C2HF3O2/c1-31-20-8-6-5-7-18(20)17-28(12-9-23(29)27-13-10-26-11-14-27)25(30)19-15-21(32-2)24(34-4)22(16-19)33-3;3-2(4,5)1(6)7/h5-8,15-16,26H,9-14,17H2,1-4H3;(H,6,7). The molecule has 2 N–H and O–H groups in total. The van der Waals surface area contributed by atoms with Crippen LogP contribution in [0, 0.1) is 0 Å². The Morgan fingerprint density at radius 3 is 1.95 bits per heavy atom. The number of nitrogens with zero attached hydrogens (tertiary/aromatic N) is 2. The maximum Gasteiger partial charge on any atom is 0.490 e. The van der Waals surface area contributed by atoms with Crippen molar-refractivity contribution in [3.63, 3.8) is 0 Å². The lowest BCUT2D eigenvalue weighted by atomic mass is 10.1. The number of carbonyl (C=O) groups is 3.